The first-order chi connectivity index (χ1) is 7.80. The maximum atomic E-state index is 11.9. The second kappa shape index (κ2) is 6.22. The largest absolute Gasteiger partial charge is 0.462 e. The van der Waals surface area contributed by atoms with E-state index in [1.807, 2.05) is 5.32 Å². The Balaban J connectivity index is 5.07. The fourth-order valence-electron chi connectivity index (χ4n) is 1.51. The number of imide groups is 1. The van der Waals surface area contributed by atoms with Gasteiger partial charge in [-0.15, -0.1) is 0 Å². The van der Waals surface area contributed by atoms with Crippen molar-refractivity contribution >= 4 is 17.9 Å². The second-order valence-electron chi connectivity index (χ2n) is 4.06. The molecule has 0 radical (unpaired) electrons. The number of carbonyl (C=O) groups excluding carboxylic acids is 3. The van der Waals surface area contributed by atoms with Gasteiger partial charge in [-0.3, -0.25) is 14.9 Å². The average Bonchev–Trinajstić information content (AvgIpc) is 2.17. The van der Waals surface area contributed by atoms with Crippen molar-refractivity contribution in [3.63, 3.8) is 0 Å². The van der Waals surface area contributed by atoms with E-state index in [1.165, 1.54) is 0 Å². The minimum atomic E-state index is -1.35. The molecular weight excluding hydrogens is 224 g/mol. The summed E-state index contributed by atoms with van der Waals surface area (Å²) in [6.07, 6.45) is 0.170. The molecule has 98 valence electrons. The first-order valence-corrected chi connectivity index (χ1v) is 5.62. The Morgan fingerprint density at radius 2 is 1.71 bits per heavy atom. The molecule has 17 heavy (non-hydrogen) atoms. The third-order valence-corrected chi connectivity index (χ3v) is 2.61. The van der Waals surface area contributed by atoms with Gasteiger partial charge in [-0.25, -0.2) is 4.79 Å². The lowest BCUT2D eigenvalue weighted by Crippen LogP contribution is -2.50. The molecule has 0 unspecified atom stereocenters. The monoisotopic (exact) mass is 244 g/mol. The Bertz CT molecular complexity index is 309. The number of nitrogens with one attached hydrogen (secondary N) is 1. The molecule has 0 bridgehead atoms. The van der Waals surface area contributed by atoms with E-state index in [-0.39, 0.29) is 18.9 Å². The molecule has 0 heterocycles. The molecule has 0 aromatic heterocycles. The van der Waals surface area contributed by atoms with Crippen LogP contribution in [0.25, 0.3) is 0 Å². The van der Waals surface area contributed by atoms with Crippen LogP contribution in [-0.4, -0.2) is 24.0 Å². The van der Waals surface area contributed by atoms with Crippen LogP contribution in [0.15, 0.2) is 0 Å². The van der Waals surface area contributed by atoms with Gasteiger partial charge < -0.3 is 10.5 Å². The average molecular weight is 244 g/mol. The van der Waals surface area contributed by atoms with Gasteiger partial charge >= 0.3 is 12.0 Å². The maximum Gasteiger partial charge on any atom is 0.321 e. The Morgan fingerprint density at radius 3 is 2.00 bits per heavy atom. The van der Waals surface area contributed by atoms with Crippen molar-refractivity contribution in [1.82, 2.24) is 5.32 Å². The Hall–Kier alpha value is -1.59. The predicted octanol–water partition coefficient (Wildman–Crippen LogP) is 0.939. The molecule has 6 heteroatoms. The van der Waals surface area contributed by atoms with Gasteiger partial charge in [0.15, 0.2) is 0 Å². The van der Waals surface area contributed by atoms with E-state index in [4.69, 9.17) is 10.5 Å². The van der Waals surface area contributed by atoms with Crippen molar-refractivity contribution < 1.29 is 19.1 Å². The number of primary amides is 1. The third-order valence-electron chi connectivity index (χ3n) is 2.61. The lowest BCUT2D eigenvalue weighted by molar-refractivity contribution is -0.164. The quantitative estimate of drug-likeness (QED) is 0.555. The zero-order chi connectivity index (χ0) is 13.6. The Kier molecular flexibility index (Phi) is 5.64. The summed E-state index contributed by atoms with van der Waals surface area (Å²) in [6, 6.07) is -0.973. The number of rotatable bonds is 5. The van der Waals surface area contributed by atoms with Crippen molar-refractivity contribution in [3.8, 4) is 0 Å². The summed E-state index contributed by atoms with van der Waals surface area (Å²) in [5.41, 5.74) is 3.53. The van der Waals surface area contributed by atoms with E-state index in [1.54, 1.807) is 27.7 Å². The van der Waals surface area contributed by atoms with Crippen LogP contribution in [0.2, 0.25) is 0 Å². The van der Waals surface area contributed by atoms with Crippen molar-refractivity contribution in [1.29, 1.82) is 0 Å². The van der Waals surface area contributed by atoms with Gasteiger partial charge in [-0.2, -0.15) is 0 Å². The summed E-state index contributed by atoms with van der Waals surface area (Å²) in [4.78, 5) is 34.4. The molecule has 0 spiro atoms. The first kappa shape index (κ1) is 15.4. The van der Waals surface area contributed by atoms with Crippen LogP contribution >= 0.6 is 0 Å². The molecule has 6 nitrogen and oxygen atoms in total. The highest BCUT2D eigenvalue weighted by molar-refractivity contribution is 6.08. The number of ether oxygens (including phenoxy) is 1. The number of amides is 3. The lowest BCUT2D eigenvalue weighted by Gasteiger charge is -2.28. The maximum absolute atomic E-state index is 11.9. The third kappa shape index (κ3) is 3.72. The van der Waals surface area contributed by atoms with Gasteiger partial charge in [0.25, 0.3) is 0 Å². The van der Waals surface area contributed by atoms with Gasteiger partial charge in [-0.1, -0.05) is 13.8 Å². The zero-order valence-electron chi connectivity index (χ0n) is 10.7. The zero-order valence-corrected chi connectivity index (χ0v) is 10.7. The van der Waals surface area contributed by atoms with Crippen LogP contribution in [0, 0.1) is 5.41 Å². The van der Waals surface area contributed by atoms with Crippen molar-refractivity contribution in [2.24, 2.45) is 11.1 Å². The number of hydrogen-bond donors (Lipinski definition) is 2. The molecule has 0 fully saturated rings. The molecule has 0 rings (SSSR count). The molecule has 0 aromatic carbocycles. The number of esters is 1. The topological polar surface area (TPSA) is 98.5 Å². The van der Waals surface area contributed by atoms with Gasteiger partial charge in [0.05, 0.1) is 6.10 Å². The summed E-state index contributed by atoms with van der Waals surface area (Å²) < 4.78 is 5.05. The molecule has 0 atom stereocenters. The van der Waals surface area contributed by atoms with Crippen LogP contribution in [0.5, 0.6) is 0 Å². The van der Waals surface area contributed by atoms with Crippen molar-refractivity contribution in [2.45, 2.75) is 46.6 Å². The minimum absolute atomic E-state index is 0.244. The molecule has 0 aliphatic rings. The van der Waals surface area contributed by atoms with E-state index in [9.17, 15) is 14.4 Å². The highest BCUT2D eigenvalue weighted by Gasteiger charge is 2.45. The van der Waals surface area contributed by atoms with Gasteiger partial charge in [0.2, 0.25) is 5.91 Å². The summed E-state index contributed by atoms with van der Waals surface area (Å²) in [5, 5.41) is 1.94. The number of urea groups is 1. The minimum Gasteiger partial charge on any atom is -0.462 e. The second-order valence-corrected chi connectivity index (χ2v) is 4.06. The highest BCUT2D eigenvalue weighted by atomic mass is 16.5. The molecule has 0 aliphatic carbocycles. The van der Waals surface area contributed by atoms with Crippen molar-refractivity contribution in [3.05, 3.63) is 0 Å². The van der Waals surface area contributed by atoms with E-state index in [2.05, 4.69) is 0 Å². The van der Waals surface area contributed by atoms with E-state index >= 15 is 0 Å². The predicted molar refractivity (Wildman–Crippen MR) is 62.0 cm³/mol. The highest BCUT2D eigenvalue weighted by Crippen LogP contribution is 2.29. The fraction of sp³-hybridized carbons (Fsp3) is 0.727. The van der Waals surface area contributed by atoms with Crippen LogP contribution in [0.3, 0.4) is 0 Å². The van der Waals surface area contributed by atoms with Crippen LogP contribution in [0.4, 0.5) is 4.79 Å². The first-order valence-electron chi connectivity index (χ1n) is 5.62. The number of carbonyl (C=O) groups is 3. The van der Waals surface area contributed by atoms with Crippen LogP contribution in [0.1, 0.15) is 40.5 Å². The molecule has 3 N–H and O–H groups in total. The molecule has 3 amide bonds. The van der Waals surface area contributed by atoms with Crippen molar-refractivity contribution in [2.75, 3.05) is 0 Å². The SMILES string of the molecule is CCC(CC)(C(=O)NC(N)=O)C(=O)OC(C)C. The Labute approximate surface area is 101 Å². The smallest absolute Gasteiger partial charge is 0.321 e. The van der Waals surface area contributed by atoms with E-state index in [0.717, 1.165) is 0 Å². The van der Waals surface area contributed by atoms with Gasteiger partial charge in [0, 0.05) is 0 Å². The summed E-state index contributed by atoms with van der Waals surface area (Å²) in [7, 11) is 0. The van der Waals surface area contributed by atoms with E-state index < -0.39 is 23.3 Å². The molecule has 0 saturated carbocycles. The van der Waals surface area contributed by atoms with E-state index in [0.29, 0.717) is 0 Å². The molecule has 0 saturated heterocycles. The van der Waals surface area contributed by atoms with Gasteiger partial charge in [0.1, 0.15) is 5.41 Å². The fourth-order valence-corrected chi connectivity index (χ4v) is 1.51. The molecule has 0 aliphatic heterocycles. The number of hydrogen-bond acceptors (Lipinski definition) is 4. The molecule has 0 aromatic rings. The molecular formula is C11H20N2O4. The summed E-state index contributed by atoms with van der Waals surface area (Å²) in [6.45, 7) is 6.76. The Morgan fingerprint density at radius 1 is 1.24 bits per heavy atom. The lowest BCUT2D eigenvalue weighted by atomic mass is 9.81. The van der Waals surface area contributed by atoms with Crippen LogP contribution in [-0.2, 0) is 14.3 Å². The van der Waals surface area contributed by atoms with Crippen LogP contribution < -0.4 is 11.1 Å². The summed E-state index contributed by atoms with van der Waals surface area (Å²) in [5.74, 6) is -1.34. The summed E-state index contributed by atoms with van der Waals surface area (Å²) >= 11 is 0. The standard InChI is InChI=1S/C11H20N2O4/c1-5-11(6-2,8(14)13-10(12)16)9(15)17-7(3)4/h7H,5-6H2,1-4H3,(H3,12,13,14,16). The van der Waals surface area contributed by atoms with Gasteiger partial charge in [-0.05, 0) is 26.7 Å². The normalized spacial score (nSPS) is 11.1. The number of nitrogens with two attached hydrogens (primary N) is 1.